The van der Waals surface area contributed by atoms with E-state index in [0.29, 0.717) is 12.4 Å². The number of carbonyl (C=O) groups excluding carboxylic acids is 1. The van der Waals surface area contributed by atoms with Crippen molar-refractivity contribution in [2.24, 2.45) is 0 Å². The fraction of sp³-hybridized carbons (Fsp3) is 0.417. The minimum absolute atomic E-state index is 0.150. The summed E-state index contributed by atoms with van der Waals surface area (Å²) >= 11 is 1.56. The lowest BCUT2D eigenvalue weighted by Crippen LogP contribution is -2.11. The van der Waals surface area contributed by atoms with E-state index in [4.69, 9.17) is 4.74 Å². The van der Waals surface area contributed by atoms with E-state index in [0.717, 1.165) is 11.3 Å². The molecule has 0 atom stereocenters. The van der Waals surface area contributed by atoms with Gasteiger partial charge in [-0.2, -0.15) is 0 Å². The van der Waals surface area contributed by atoms with Crippen molar-refractivity contribution >= 4 is 17.5 Å². The smallest absolute Gasteiger partial charge is 0.168 e. The molecule has 0 unspecified atom stereocenters. The molecule has 0 saturated carbocycles. The number of ketones is 1. The molecule has 82 valence electrons. The molecule has 1 aromatic carbocycles. The molecule has 0 aliphatic rings. The van der Waals surface area contributed by atoms with Crippen LogP contribution in [0, 0.1) is 0 Å². The summed E-state index contributed by atoms with van der Waals surface area (Å²) in [5.74, 6) is 0.644. The molecule has 1 rings (SSSR count). The first-order valence-corrected chi connectivity index (χ1v) is 6.08. The van der Waals surface area contributed by atoms with Crippen molar-refractivity contribution in [3.05, 3.63) is 30.3 Å². The Morgan fingerprint density at radius 1 is 1.33 bits per heavy atom. The number of hydrogen-bond donors (Lipinski definition) is 0. The maximum Gasteiger partial charge on any atom is 0.168 e. The normalized spacial score (nSPS) is 10.2. The first-order chi connectivity index (χ1) is 7.33. The number of hydrogen-bond acceptors (Lipinski definition) is 3. The summed E-state index contributed by atoms with van der Waals surface area (Å²) in [6.07, 6.45) is 0.957. The summed E-state index contributed by atoms with van der Waals surface area (Å²) in [5, 5.41) is 0. The number of carbonyl (C=O) groups is 1. The Morgan fingerprint density at radius 3 is 2.73 bits per heavy atom. The van der Waals surface area contributed by atoms with E-state index in [2.05, 4.69) is 0 Å². The second-order valence-electron chi connectivity index (χ2n) is 3.19. The highest BCUT2D eigenvalue weighted by Gasteiger charge is 2.02. The van der Waals surface area contributed by atoms with Crippen LogP contribution in [0.25, 0.3) is 0 Å². The molecule has 3 heteroatoms. The lowest BCUT2D eigenvalue weighted by atomic mass is 10.4. The van der Waals surface area contributed by atoms with Gasteiger partial charge >= 0.3 is 0 Å². The van der Waals surface area contributed by atoms with Gasteiger partial charge in [0.25, 0.3) is 0 Å². The molecule has 0 fully saturated rings. The summed E-state index contributed by atoms with van der Waals surface area (Å²) in [6.45, 7) is 2.94. The van der Waals surface area contributed by atoms with Gasteiger partial charge < -0.3 is 4.74 Å². The van der Waals surface area contributed by atoms with Crippen molar-refractivity contribution in [2.45, 2.75) is 18.2 Å². The third-order valence-corrected chi connectivity index (χ3v) is 2.83. The zero-order valence-corrected chi connectivity index (χ0v) is 9.76. The largest absolute Gasteiger partial charge is 0.374 e. The Balaban J connectivity index is 2.17. The van der Waals surface area contributed by atoms with Crippen LogP contribution in [-0.2, 0) is 9.53 Å². The molecule has 0 heterocycles. The van der Waals surface area contributed by atoms with Gasteiger partial charge in [0.2, 0.25) is 0 Å². The Bertz CT molecular complexity index is 285. The highest BCUT2D eigenvalue weighted by Crippen LogP contribution is 2.16. The molecule has 15 heavy (non-hydrogen) atoms. The van der Waals surface area contributed by atoms with Crippen molar-refractivity contribution in [3.63, 3.8) is 0 Å². The maximum atomic E-state index is 11.3. The first kappa shape index (κ1) is 12.3. The molecule has 0 aliphatic carbocycles. The molecule has 0 radical (unpaired) electrons. The van der Waals surface area contributed by atoms with Crippen LogP contribution in [0.3, 0.4) is 0 Å². The summed E-state index contributed by atoms with van der Waals surface area (Å²) < 4.78 is 5.17. The monoisotopic (exact) mass is 224 g/mol. The Morgan fingerprint density at radius 2 is 2.07 bits per heavy atom. The zero-order chi connectivity index (χ0) is 10.9. The third-order valence-electron chi connectivity index (χ3n) is 1.75. The Labute approximate surface area is 95.0 Å². The van der Waals surface area contributed by atoms with E-state index in [1.807, 2.05) is 37.3 Å². The number of thioether (sulfide) groups is 1. The van der Waals surface area contributed by atoms with Crippen LogP contribution in [-0.4, -0.2) is 24.7 Å². The van der Waals surface area contributed by atoms with Gasteiger partial charge in [0, 0.05) is 11.5 Å². The van der Waals surface area contributed by atoms with Gasteiger partial charge in [-0.15, -0.1) is 11.8 Å². The number of Topliss-reactive ketones (excluding diaryl/α,β-unsaturated/α-hetero) is 1. The Hall–Kier alpha value is -0.800. The van der Waals surface area contributed by atoms with Gasteiger partial charge in [0.05, 0.1) is 5.75 Å². The average molecular weight is 224 g/mol. The number of ether oxygens (including phenoxy) is 1. The zero-order valence-electron chi connectivity index (χ0n) is 8.94. The molecule has 2 nitrogen and oxygen atoms in total. The predicted molar refractivity (Wildman–Crippen MR) is 63.3 cm³/mol. The molecule has 0 aliphatic heterocycles. The van der Waals surface area contributed by atoms with Crippen LogP contribution < -0.4 is 0 Å². The maximum absolute atomic E-state index is 11.3. The Kier molecular flexibility index (Phi) is 6.12. The molecular weight excluding hydrogens is 208 g/mol. The van der Waals surface area contributed by atoms with Crippen LogP contribution in [0.15, 0.2) is 35.2 Å². The van der Waals surface area contributed by atoms with E-state index in [1.54, 1.807) is 11.8 Å². The summed E-state index contributed by atoms with van der Waals surface area (Å²) in [4.78, 5) is 12.5. The van der Waals surface area contributed by atoms with Crippen molar-refractivity contribution in [3.8, 4) is 0 Å². The van der Waals surface area contributed by atoms with E-state index in [-0.39, 0.29) is 12.4 Å². The average Bonchev–Trinajstić information content (AvgIpc) is 2.28. The third kappa shape index (κ3) is 5.60. The predicted octanol–water partition coefficient (Wildman–Crippen LogP) is 2.77. The van der Waals surface area contributed by atoms with Crippen LogP contribution in [0.4, 0.5) is 0 Å². The van der Waals surface area contributed by atoms with Gasteiger partial charge in [0.15, 0.2) is 5.78 Å². The number of benzene rings is 1. The van der Waals surface area contributed by atoms with Gasteiger partial charge in [-0.1, -0.05) is 25.1 Å². The van der Waals surface area contributed by atoms with E-state index < -0.39 is 0 Å². The summed E-state index contributed by atoms with van der Waals surface area (Å²) in [7, 11) is 0. The van der Waals surface area contributed by atoms with Gasteiger partial charge in [-0.25, -0.2) is 0 Å². The first-order valence-electron chi connectivity index (χ1n) is 5.10. The van der Waals surface area contributed by atoms with Crippen molar-refractivity contribution in [1.29, 1.82) is 0 Å². The second kappa shape index (κ2) is 7.49. The minimum atomic E-state index is 0.150. The second-order valence-corrected chi connectivity index (χ2v) is 4.24. The number of rotatable bonds is 7. The summed E-state index contributed by atoms with van der Waals surface area (Å²) in [6, 6.07) is 9.92. The molecule has 0 saturated heterocycles. The van der Waals surface area contributed by atoms with E-state index >= 15 is 0 Å². The lowest BCUT2D eigenvalue weighted by molar-refractivity contribution is -0.121. The molecule has 0 aromatic heterocycles. The van der Waals surface area contributed by atoms with Crippen LogP contribution in [0.5, 0.6) is 0 Å². The van der Waals surface area contributed by atoms with Crippen molar-refractivity contribution in [1.82, 2.24) is 0 Å². The molecule has 0 N–H and O–H groups in total. The SMILES string of the molecule is CCCOCC(=O)CSc1ccccc1. The van der Waals surface area contributed by atoms with E-state index in [9.17, 15) is 4.79 Å². The van der Waals surface area contributed by atoms with Gasteiger partial charge in [-0.05, 0) is 18.6 Å². The molecule has 0 bridgehead atoms. The standard InChI is InChI=1S/C12H16O2S/c1-2-8-14-9-11(13)10-15-12-6-4-3-5-7-12/h3-7H,2,8-10H2,1H3. The van der Waals surface area contributed by atoms with Crippen molar-refractivity contribution < 1.29 is 9.53 Å². The fourth-order valence-corrected chi connectivity index (χ4v) is 1.81. The van der Waals surface area contributed by atoms with Crippen LogP contribution in [0.1, 0.15) is 13.3 Å². The molecule has 0 spiro atoms. The van der Waals surface area contributed by atoms with Gasteiger partial charge in [-0.3, -0.25) is 4.79 Å². The quantitative estimate of drug-likeness (QED) is 0.526. The molecular formula is C12H16O2S. The van der Waals surface area contributed by atoms with E-state index in [1.165, 1.54) is 0 Å². The van der Waals surface area contributed by atoms with Gasteiger partial charge in [0.1, 0.15) is 6.61 Å². The highest BCUT2D eigenvalue weighted by molar-refractivity contribution is 8.00. The lowest BCUT2D eigenvalue weighted by Gasteiger charge is -2.02. The van der Waals surface area contributed by atoms with Crippen LogP contribution in [0.2, 0.25) is 0 Å². The molecule has 0 amide bonds. The van der Waals surface area contributed by atoms with Crippen LogP contribution >= 0.6 is 11.8 Å². The van der Waals surface area contributed by atoms with Crippen molar-refractivity contribution in [2.75, 3.05) is 19.0 Å². The summed E-state index contributed by atoms with van der Waals surface area (Å²) in [5.41, 5.74) is 0. The topological polar surface area (TPSA) is 26.3 Å². The fourth-order valence-electron chi connectivity index (χ4n) is 1.05. The molecule has 1 aromatic rings. The minimum Gasteiger partial charge on any atom is -0.374 e. The highest BCUT2D eigenvalue weighted by atomic mass is 32.2.